The van der Waals surface area contributed by atoms with Gasteiger partial charge in [-0.15, -0.1) is 0 Å². The van der Waals surface area contributed by atoms with E-state index in [2.05, 4.69) is 32.7 Å². The van der Waals surface area contributed by atoms with Gasteiger partial charge < -0.3 is 10.6 Å². The van der Waals surface area contributed by atoms with Gasteiger partial charge in [0, 0.05) is 42.8 Å². The SMILES string of the molecule is O=C(NCCc1ccccc1)c1cc(-c2cccnc2)cnc1NCC1CC1. The molecule has 0 spiro atoms. The highest BCUT2D eigenvalue weighted by Crippen LogP contribution is 2.29. The van der Waals surface area contributed by atoms with Crippen molar-refractivity contribution in [1.82, 2.24) is 15.3 Å². The molecule has 142 valence electrons. The number of pyridine rings is 2. The maximum atomic E-state index is 12.9. The number of rotatable bonds is 8. The average Bonchev–Trinajstić information content (AvgIpc) is 3.58. The van der Waals surface area contributed by atoms with Crippen LogP contribution in [0.15, 0.2) is 67.1 Å². The first-order valence-corrected chi connectivity index (χ1v) is 9.76. The second-order valence-electron chi connectivity index (χ2n) is 7.18. The minimum Gasteiger partial charge on any atom is -0.369 e. The first kappa shape index (κ1) is 18.2. The zero-order valence-electron chi connectivity index (χ0n) is 15.8. The summed E-state index contributed by atoms with van der Waals surface area (Å²) in [5.74, 6) is 1.25. The van der Waals surface area contributed by atoms with Crippen molar-refractivity contribution in [2.75, 3.05) is 18.4 Å². The van der Waals surface area contributed by atoms with E-state index in [9.17, 15) is 4.79 Å². The average molecular weight is 372 g/mol. The van der Waals surface area contributed by atoms with Crippen molar-refractivity contribution in [3.8, 4) is 11.1 Å². The van der Waals surface area contributed by atoms with Crippen molar-refractivity contribution in [3.63, 3.8) is 0 Å². The van der Waals surface area contributed by atoms with Gasteiger partial charge in [-0.1, -0.05) is 36.4 Å². The zero-order chi connectivity index (χ0) is 19.2. The number of nitrogens with zero attached hydrogens (tertiary/aromatic N) is 2. The monoisotopic (exact) mass is 372 g/mol. The highest BCUT2D eigenvalue weighted by atomic mass is 16.1. The van der Waals surface area contributed by atoms with E-state index in [4.69, 9.17) is 0 Å². The van der Waals surface area contributed by atoms with Crippen LogP contribution in [0.2, 0.25) is 0 Å². The molecule has 3 aromatic rings. The van der Waals surface area contributed by atoms with Crippen LogP contribution in [0, 0.1) is 5.92 Å². The number of carbonyl (C=O) groups is 1. The van der Waals surface area contributed by atoms with Crippen LogP contribution in [-0.4, -0.2) is 29.0 Å². The molecule has 0 saturated heterocycles. The molecule has 1 aromatic carbocycles. The molecule has 0 atom stereocenters. The van der Waals surface area contributed by atoms with Gasteiger partial charge in [0.1, 0.15) is 5.82 Å². The maximum Gasteiger partial charge on any atom is 0.255 e. The highest BCUT2D eigenvalue weighted by Gasteiger charge is 2.22. The van der Waals surface area contributed by atoms with Crippen LogP contribution >= 0.6 is 0 Å². The van der Waals surface area contributed by atoms with Crippen LogP contribution in [0.25, 0.3) is 11.1 Å². The van der Waals surface area contributed by atoms with Crippen molar-refractivity contribution in [3.05, 3.63) is 78.2 Å². The molecular weight excluding hydrogens is 348 g/mol. The fraction of sp³-hybridized carbons (Fsp3) is 0.261. The quantitative estimate of drug-likeness (QED) is 0.629. The van der Waals surface area contributed by atoms with E-state index in [-0.39, 0.29) is 5.91 Å². The van der Waals surface area contributed by atoms with E-state index in [1.165, 1.54) is 18.4 Å². The van der Waals surface area contributed by atoms with Gasteiger partial charge in [0.05, 0.1) is 5.56 Å². The Labute approximate surface area is 165 Å². The summed E-state index contributed by atoms with van der Waals surface area (Å²) in [6.07, 6.45) is 8.62. The lowest BCUT2D eigenvalue weighted by atomic mass is 10.1. The van der Waals surface area contributed by atoms with Crippen LogP contribution in [0.1, 0.15) is 28.8 Å². The standard InChI is InChI=1S/C23H24N4O/c28-23(25-12-10-17-5-2-1-3-6-17)21-13-20(19-7-4-11-24-15-19)16-27-22(21)26-14-18-8-9-18/h1-7,11,13,15-16,18H,8-10,12,14H2,(H,25,28)(H,26,27). The lowest BCUT2D eigenvalue weighted by Gasteiger charge is -2.13. The van der Waals surface area contributed by atoms with E-state index in [1.807, 2.05) is 36.4 Å². The number of hydrogen-bond acceptors (Lipinski definition) is 4. The second-order valence-corrected chi connectivity index (χ2v) is 7.18. The molecule has 1 saturated carbocycles. The minimum atomic E-state index is -0.104. The number of anilines is 1. The van der Waals surface area contributed by atoms with Gasteiger partial charge in [-0.25, -0.2) is 4.98 Å². The van der Waals surface area contributed by atoms with Gasteiger partial charge in [-0.05, 0) is 42.9 Å². The Balaban J connectivity index is 1.50. The van der Waals surface area contributed by atoms with Crippen LogP contribution in [-0.2, 0) is 6.42 Å². The molecule has 4 rings (SSSR count). The molecule has 1 fully saturated rings. The lowest BCUT2D eigenvalue weighted by molar-refractivity contribution is 0.0954. The molecule has 5 nitrogen and oxygen atoms in total. The summed E-state index contributed by atoms with van der Waals surface area (Å²) in [4.78, 5) is 21.6. The van der Waals surface area contributed by atoms with E-state index < -0.39 is 0 Å². The Bertz CT molecular complexity index is 924. The summed E-state index contributed by atoms with van der Waals surface area (Å²) in [6.45, 7) is 1.45. The fourth-order valence-electron chi connectivity index (χ4n) is 3.09. The maximum absolute atomic E-state index is 12.9. The summed E-state index contributed by atoms with van der Waals surface area (Å²) in [7, 11) is 0. The van der Waals surface area contributed by atoms with Gasteiger partial charge in [0.25, 0.3) is 5.91 Å². The van der Waals surface area contributed by atoms with Crippen molar-refractivity contribution >= 4 is 11.7 Å². The van der Waals surface area contributed by atoms with Crippen molar-refractivity contribution in [2.45, 2.75) is 19.3 Å². The van der Waals surface area contributed by atoms with Crippen molar-refractivity contribution in [1.29, 1.82) is 0 Å². The van der Waals surface area contributed by atoms with E-state index in [1.54, 1.807) is 18.6 Å². The Morgan fingerprint density at radius 1 is 1.04 bits per heavy atom. The third-order valence-corrected chi connectivity index (χ3v) is 4.92. The zero-order valence-corrected chi connectivity index (χ0v) is 15.8. The Morgan fingerprint density at radius 2 is 1.89 bits per heavy atom. The van der Waals surface area contributed by atoms with Gasteiger partial charge in [0.2, 0.25) is 0 Å². The largest absolute Gasteiger partial charge is 0.369 e. The van der Waals surface area contributed by atoms with Gasteiger partial charge >= 0.3 is 0 Å². The summed E-state index contributed by atoms with van der Waals surface area (Å²) in [5.41, 5.74) is 3.62. The third kappa shape index (κ3) is 4.74. The van der Waals surface area contributed by atoms with Crippen molar-refractivity contribution in [2.24, 2.45) is 5.92 Å². The van der Waals surface area contributed by atoms with E-state index in [0.717, 1.165) is 24.1 Å². The van der Waals surface area contributed by atoms with Crippen molar-refractivity contribution < 1.29 is 4.79 Å². The molecule has 5 heteroatoms. The summed E-state index contributed by atoms with van der Waals surface area (Å²) in [6, 6.07) is 15.9. The topological polar surface area (TPSA) is 66.9 Å². The molecule has 1 aliphatic carbocycles. The molecular formula is C23H24N4O. The Kier molecular flexibility index (Phi) is 5.61. The van der Waals surface area contributed by atoms with Crippen LogP contribution in [0.5, 0.6) is 0 Å². The lowest BCUT2D eigenvalue weighted by Crippen LogP contribution is -2.27. The Hall–Kier alpha value is -3.21. The normalized spacial score (nSPS) is 13.1. The molecule has 1 amide bonds. The Morgan fingerprint density at radius 3 is 2.64 bits per heavy atom. The van der Waals surface area contributed by atoms with E-state index in [0.29, 0.717) is 23.8 Å². The van der Waals surface area contributed by atoms with Gasteiger partial charge in [-0.3, -0.25) is 9.78 Å². The van der Waals surface area contributed by atoms with Crippen LogP contribution in [0.3, 0.4) is 0 Å². The van der Waals surface area contributed by atoms with Gasteiger partial charge in [0.15, 0.2) is 0 Å². The van der Waals surface area contributed by atoms with Crippen LogP contribution < -0.4 is 10.6 Å². The predicted molar refractivity (Wildman–Crippen MR) is 111 cm³/mol. The predicted octanol–water partition coefficient (Wildman–Crippen LogP) is 3.94. The van der Waals surface area contributed by atoms with E-state index >= 15 is 0 Å². The fourth-order valence-corrected chi connectivity index (χ4v) is 3.09. The molecule has 0 bridgehead atoms. The number of carbonyl (C=O) groups excluding carboxylic acids is 1. The molecule has 2 heterocycles. The molecule has 0 radical (unpaired) electrons. The third-order valence-electron chi connectivity index (χ3n) is 4.92. The summed E-state index contributed by atoms with van der Waals surface area (Å²) >= 11 is 0. The molecule has 2 aromatic heterocycles. The smallest absolute Gasteiger partial charge is 0.255 e. The number of benzene rings is 1. The molecule has 2 N–H and O–H groups in total. The first-order chi connectivity index (χ1) is 13.8. The number of nitrogens with one attached hydrogen (secondary N) is 2. The molecule has 28 heavy (non-hydrogen) atoms. The van der Waals surface area contributed by atoms with Crippen LogP contribution in [0.4, 0.5) is 5.82 Å². The molecule has 0 aliphatic heterocycles. The van der Waals surface area contributed by atoms with Gasteiger partial charge in [-0.2, -0.15) is 0 Å². The minimum absolute atomic E-state index is 0.104. The summed E-state index contributed by atoms with van der Waals surface area (Å²) in [5, 5.41) is 6.39. The second kappa shape index (κ2) is 8.65. The number of amides is 1. The number of aromatic nitrogens is 2. The summed E-state index contributed by atoms with van der Waals surface area (Å²) < 4.78 is 0. The first-order valence-electron chi connectivity index (χ1n) is 9.76. The highest BCUT2D eigenvalue weighted by molar-refractivity contribution is 5.99. The number of hydrogen-bond donors (Lipinski definition) is 2. The molecule has 1 aliphatic rings. The molecule has 0 unspecified atom stereocenters.